The molecule has 0 aliphatic heterocycles. The van der Waals surface area contributed by atoms with Crippen molar-refractivity contribution in [2.24, 2.45) is 0 Å². The molecule has 0 unspecified atom stereocenters. The number of nitrogens with one attached hydrogen (secondary N) is 2. The van der Waals surface area contributed by atoms with Gasteiger partial charge in [0.25, 0.3) is 0 Å². The third kappa shape index (κ3) is 3.71. The summed E-state index contributed by atoms with van der Waals surface area (Å²) < 4.78 is 1.16. The van der Waals surface area contributed by atoms with E-state index in [4.69, 9.17) is 0 Å². The number of thiophene rings is 1. The van der Waals surface area contributed by atoms with Crippen LogP contribution in [0.3, 0.4) is 0 Å². The lowest BCUT2D eigenvalue weighted by atomic mass is 10.3. The molecule has 2 heterocycles. The fourth-order valence-electron chi connectivity index (χ4n) is 1.45. The fraction of sp³-hybridized carbons (Fsp3) is 0.250. The van der Waals surface area contributed by atoms with Gasteiger partial charge >= 0.3 is 0 Å². The van der Waals surface area contributed by atoms with Gasteiger partial charge in [0, 0.05) is 35.9 Å². The quantitative estimate of drug-likeness (QED) is 0.878. The van der Waals surface area contributed by atoms with Gasteiger partial charge in [-0.3, -0.25) is 0 Å². The largest absolute Gasteiger partial charge is 0.380 e. The number of hydrogen-bond donors (Lipinski definition) is 2. The molecule has 0 spiro atoms. The maximum Gasteiger partial charge on any atom is 0.127 e. The summed E-state index contributed by atoms with van der Waals surface area (Å²) in [5, 5.41) is 6.58. The van der Waals surface area contributed by atoms with Crippen molar-refractivity contribution in [2.45, 2.75) is 13.5 Å². The van der Waals surface area contributed by atoms with Crippen LogP contribution in [0.15, 0.2) is 34.2 Å². The molecule has 0 radical (unpaired) electrons. The number of hydrogen-bond acceptors (Lipinski definition) is 4. The number of aromatic nitrogens is 1. The van der Waals surface area contributed by atoms with E-state index < -0.39 is 0 Å². The second kappa shape index (κ2) is 6.02. The SMILES string of the molecule is CCNc1cc(NCc2ccc(Br)s2)ccn1. The average Bonchev–Trinajstić information content (AvgIpc) is 2.74. The molecule has 2 rings (SSSR count). The molecule has 3 nitrogen and oxygen atoms in total. The van der Waals surface area contributed by atoms with Crippen LogP contribution in [0.2, 0.25) is 0 Å². The molecule has 0 saturated carbocycles. The van der Waals surface area contributed by atoms with Crippen LogP contribution < -0.4 is 10.6 Å². The highest BCUT2D eigenvalue weighted by Crippen LogP contribution is 2.23. The Morgan fingerprint density at radius 2 is 2.18 bits per heavy atom. The first kappa shape index (κ1) is 12.4. The maximum atomic E-state index is 4.23. The molecule has 0 bridgehead atoms. The van der Waals surface area contributed by atoms with Crippen LogP contribution in [0.1, 0.15) is 11.8 Å². The number of rotatable bonds is 5. The third-order valence-corrected chi connectivity index (χ3v) is 3.84. The predicted molar refractivity (Wildman–Crippen MR) is 77.7 cm³/mol. The molecular weight excluding hydrogens is 298 g/mol. The Bertz CT molecular complexity index is 484. The number of nitrogens with zero attached hydrogens (tertiary/aromatic N) is 1. The van der Waals surface area contributed by atoms with E-state index in [0.29, 0.717) is 0 Å². The van der Waals surface area contributed by atoms with E-state index in [1.807, 2.05) is 18.3 Å². The molecule has 5 heteroatoms. The van der Waals surface area contributed by atoms with Gasteiger partial charge in [0.05, 0.1) is 3.79 Å². The monoisotopic (exact) mass is 311 g/mol. The van der Waals surface area contributed by atoms with E-state index in [0.717, 1.165) is 28.4 Å². The zero-order valence-electron chi connectivity index (χ0n) is 9.53. The zero-order chi connectivity index (χ0) is 12.1. The highest BCUT2D eigenvalue weighted by atomic mass is 79.9. The number of pyridine rings is 1. The van der Waals surface area contributed by atoms with Gasteiger partial charge in [0.2, 0.25) is 0 Å². The van der Waals surface area contributed by atoms with Gasteiger partial charge in [-0.25, -0.2) is 4.98 Å². The van der Waals surface area contributed by atoms with Gasteiger partial charge in [-0.2, -0.15) is 0 Å². The van der Waals surface area contributed by atoms with E-state index in [1.165, 1.54) is 4.88 Å². The van der Waals surface area contributed by atoms with Crippen molar-refractivity contribution < 1.29 is 0 Å². The summed E-state index contributed by atoms with van der Waals surface area (Å²) in [7, 11) is 0. The molecule has 17 heavy (non-hydrogen) atoms. The second-order valence-electron chi connectivity index (χ2n) is 3.52. The van der Waals surface area contributed by atoms with Gasteiger partial charge < -0.3 is 10.6 Å². The Hall–Kier alpha value is -1.07. The van der Waals surface area contributed by atoms with Crippen LogP contribution in [0.25, 0.3) is 0 Å². The molecule has 0 atom stereocenters. The lowest BCUT2D eigenvalue weighted by molar-refractivity contribution is 1.14. The molecule has 0 saturated heterocycles. The Morgan fingerprint density at radius 3 is 2.88 bits per heavy atom. The highest BCUT2D eigenvalue weighted by molar-refractivity contribution is 9.11. The van der Waals surface area contributed by atoms with Gasteiger partial charge in [-0.05, 0) is 41.1 Å². The lowest BCUT2D eigenvalue weighted by Gasteiger charge is -2.07. The van der Waals surface area contributed by atoms with Crippen molar-refractivity contribution in [2.75, 3.05) is 17.2 Å². The summed E-state index contributed by atoms with van der Waals surface area (Å²) >= 11 is 5.21. The molecule has 90 valence electrons. The first-order chi connectivity index (χ1) is 8.28. The standard InChI is InChI=1S/C12H14BrN3S/c1-2-14-12-7-9(5-6-15-12)16-8-10-3-4-11(13)17-10/h3-7H,2,8H2,1H3,(H2,14,15,16). The van der Waals surface area contributed by atoms with E-state index in [9.17, 15) is 0 Å². The zero-order valence-corrected chi connectivity index (χ0v) is 11.9. The summed E-state index contributed by atoms with van der Waals surface area (Å²) in [6.45, 7) is 3.78. The summed E-state index contributed by atoms with van der Waals surface area (Å²) in [6, 6.07) is 8.18. The predicted octanol–water partition coefficient (Wildman–Crippen LogP) is 3.95. The highest BCUT2D eigenvalue weighted by Gasteiger charge is 1.99. The molecule has 2 aromatic rings. The summed E-state index contributed by atoms with van der Waals surface area (Å²) in [5.41, 5.74) is 1.08. The minimum atomic E-state index is 0.839. The first-order valence-electron chi connectivity index (χ1n) is 5.46. The first-order valence-corrected chi connectivity index (χ1v) is 7.07. The summed E-state index contributed by atoms with van der Waals surface area (Å²) in [5.74, 6) is 0.907. The smallest absolute Gasteiger partial charge is 0.127 e. The van der Waals surface area contributed by atoms with Crippen molar-refractivity contribution >= 4 is 38.8 Å². The second-order valence-corrected chi connectivity index (χ2v) is 6.07. The normalized spacial score (nSPS) is 10.2. The average molecular weight is 312 g/mol. The molecular formula is C12H14BrN3S. The molecule has 2 aromatic heterocycles. The van der Waals surface area contributed by atoms with Crippen LogP contribution >= 0.6 is 27.3 Å². The third-order valence-electron chi connectivity index (χ3n) is 2.21. The Labute approximate surface area is 113 Å². The number of anilines is 2. The summed E-state index contributed by atoms with van der Waals surface area (Å²) in [4.78, 5) is 5.54. The molecule has 2 N–H and O–H groups in total. The molecule has 0 amide bonds. The van der Waals surface area contributed by atoms with E-state index in [-0.39, 0.29) is 0 Å². The van der Waals surface area contributed by atoms with Gasteiger partial charge in [-0.15, -0.1) is 11.3 Å². The van der Waals surface area contributed by atoms with Gasteiger partial charge in [0.1, 0.15) is 5.82 Å². The molecule has 0 aliphatic carbocycles. The fourth-order valence-corrected chi connectivity index (χ4v) is 2.88. The van der Waals surface area contributed by atoms with E-state index in [1.54, 1.807) is 11.3 Å². The minimum absolute atomic E-state index is 0.839. The van der Waals surface area contributed by atoms with E-state index in [2.05, 4.69) is 50.6 Å². The number of halogens is 1. The van der Waals surface area contributed by atoms with Crippen molar-refractivity contribution in [1.29, 1.82) is 0 Å². The minimum Gasteiger partial charge on any atom is -0.380 e. The van der Waals surface area contributed by atoms with Crippen molar-refractivity contribution in [3.05, 3.63) is 39.1 Å². The van der Waals surface area contributed by atoms with Crippen LogP contribution in [-0.2, 0) is 6.54 Å². The lowest BCUT2D eigenvalue weighted by Crippen LogP contribution is -2.01. The van der Waals surface area contributed by atoms with Gasteiger partial charge in [0.15, 0.2) is 0 Å². The Kier molecular flexibility index (Phi) is 4.39. The van der Waals surface area contributed by atoms with Crippen LogP contribution in [-0.4, -0.2) is 11.5 Å². The van der Waals surface area contributed by atoms with Gasteiger partial charge in [-0.1, -0.05) is 0 Å². The van der Waals surface area contributed by atoms with Crippen LogP contribution in [0.4, 0.5) is 11.5 Å². The van der Waals surface area contributed by atoms with E-state index >= 15 is 0 Å². The summed E-state index contributed by atoms with van der Waals surface area (Å²) in [6.07, 6.45) is 1.81. The van der Waals surface area contributed by atoms with Crippen LogP contribution in [0, 0.1) is 0 Å². The molecule has 0 aromatic carbocycles. The maximum absolute atomic E-state index is 4.23. The molecule has 0 aliphatic rings. The Balaban J connectivity index is 1.96. The van der Waals surface area contributed by atoms with Crippen molar-refractivity contribution in [3.8, 4) is 0 Å². The van der Waals surface area contributed by atoms with Crippen molar-refractivity contribution in [3.63, 3.8) is 0 Å². The topological polar surface area (TPSA) is 37.0 Å². The van der Waals surface area contributed by atoms with Crippen molar-refractivity contribution in [1.82, 2.24) is 4.98 Å². The van der Waals surface area contributed by atoms with Crippen LogP contribution in [0.5, 0.6) is 0 Å². The Morgan fingerprint density at radius 1 is 1.29 bits per heavy atom. The molecule has 0 fully saturated rings.